The van der Waals surface area contributed by atoms with Gasteiger partial charge >= 0.3 is 6.18 Å². The second-order valence-electron chi connectivity index (χ2n) is 7.02. The quantitative estimate of drug-likeness (QED) is 0.396. The molecule has 0 saturated carbocycles. The molecular weight excluding hydrogens is 459 g/mol. The van der Waals surface area contributed by atoms with Gasteiger partial charge in [-0.15, -0.1) is 0 Å². The molecule has 2 heterocycles. The molecule has 170 valence electrons. The summed E-state index contributed by atoms with van der Waals surface area (Å²) >= 11 is 6.09. The number of carbonyl (C=O) groups excluding carboxylic acids is 1. The summed E-state index contributed by atoms with van der Waals surface area (Å²) in [6.45, 7) is 0. The third-order valence-corrected chi connectivity index (χ3v) is 5.15. The van der Waals surface area contributed by atoms with Gasteiger partial charge in [-0.25, -0.2) is 4.98 Å². The number of carbonyl (C=O) groups is 1. The number of imidazole rings is 1. The van der Waals surface area contributed by atoms with Gasteiger partial charge in [0.05, 0.1) is 27.3 Å². The van der Waals surface area contributed by atoms with E-state index in [9.17, 15) is 18.0 Å². The number of hydrogen-bond acceptors (Lipinski definition) is 5. The number of aromatic nitrogens is 3. The number of amides is 1. The lowest BCUT2D eigenvalue weighted by Gasteiger charge is -2.12. The Balaban J connectivity index is 1.62. The first kappa shape index (κ1) is 22.4. The highest BCUT2D eigenvalue weighted by atomic mass is 35.5. The van der Waals surface area contributed by atoms with Crippen LogP contribution in [-0.2, 0) is 13.2 Å². The van der Waals surface area contributed by atoms with Crippen molar-refractivity contribution in [3.8, 4) is 11.5 Å². The standard InChI is InChI=1S/C22H17ClF3N5O2/c1-27-20(32)18-11-14(7-8-28-18)33-13-4-6-19-17(10-13)30-21(31(19)2)29-16-9-12(22(24,25)26)3-5-15(16)23/h3-11H,1-2H3,(H,27,32)(H,29,30). The predicted octanol–water partition coefficient (Wildman–Crippen LogP) is 5.54. The number of ether oxygens (including phenoxy) is 1. The van der Waals surface area contributed by atoms with Crippen LogP contribution in [0, 0.1) is 0 Å². The van der Waals surface area contributed by atoms with E-state index in [0.29, 0.717) is 28.5 Å². The van der Waals surface area contributed by atoms with Gasteiger partial charge in [0.25, 0.3) is 5.91 Å². The second-order valence-corrected chi connectivity index (χ2v) is 7.43. The van der Waals surface area contributed by atoms with Crippen molar-refractivity contribution < 1.29 is 22.7 Å². The van der Waals surface area contributed by atoms with E-state index in [1.165, 1.54) is 25.4 Å². The summed E-state index contributed by atoms with van der Waals surface area (Å²) in [6, 6.07) is 11.3. The maximum absolute atomic E-state index is 13.1. The van der Waals surface area contributed by atoms with Gasteiger partial charge in [-0.05, 0) is 36.4 Å². The molecule has 2 N–H and O–H groups in total. The Morgan fingerprint density at radius 3 is 2.58 bits per heavy atom. The van der Waals surface area contributed by atoms with Crippen LogP contribution in [0.15, 0.2) is 54.7 Å². The van der Waals surface area contributed by atoms with Crippen LogP contribution in [0.5, 0.6) is 11.5 Å². The molecule has 0 spiro atoms. The van der Waals surface area contributed by atoms with Gasteiger partial charge in [0.1, 0.15) is 17.2 Å². The second kappa shape index (κ2) is 8.62. The molecule has 0 bridgehead atoms. The first-order valence-corrected chi connectivity index (χ1v) is 10.00. The zero-order valence-corrected chi connectivity index (χ0v) is 18.1. The molecular formula is C22H17ClF3N5O2. The summed E-state index contributed by atoms with van der Waals surface area (Å²) in [6.07, 6.45) is -3.04. The Morgan fingerprint density at radius 2 is 1.85 bits per heavy atom. The van der Waals surface area contributed by atoms with Crippen LogP contribution in [0.4, 0.5) is 24.8 Å². The van der Waals surface area contributed by atoms with Crippen molar-refractivity contribution >= 4 is 40.2 Å². The Bertz CT molecular complexity index is 1350. The molecule has 11 heteroatoms. The molecule has 0 fully saturated rings. The molecule has 4 aromatic rings. The molecule has 2 aromatic heterocycles. The number of halogens is 4. The number of fused-ring (bicyclic) bond motifs is 1. The lowest BCUT2D eigenvalue weighted by Crippen LogP contribution is -2.18. The first-order chi connectivity index (χ1) is 15.7. The minimum atomic E-state index is -4.50. The van der Waals surface area contributed by atoms with E-state index in [0.717, 1.165) is 12.1 Å². The van der Waals surface area contributed by atoms with E-state index >= 15 is 0 Å². The van der Waals surface area contributed by atoms with Crippen molar-refractivity contribution in [1.82, 2.24) is 19.9 Å². The van der Waals surface area contributed by atoms with Gasteiger partial charge in [0.15, 0.2) is 0 Å². The number of pyridine rings is 1. The normalized spacial score (nSPS) is 11.5. The third-order valence-electron chi connectivity index (χ3n) is 4.82. The Kier molecular flexibility index (Phi) is 5.86. The maximum Gasteiger partial charge on any atom is 0.416 e. The maximum atomic E-state index is 13.1. The van der Waals surface area contributed by atoms with Crippen molar-refractivity contribution in [2.45, 2.75) is 6.18 Å². The van der Waals surface area contributed by atoms with Crippen molar-refractivity contribution in [2.75, 3.05) is 12.4 Å². The molecule has 0 unspecified atom stereocenters. The monoisotopic (exact) mass is 475 g/mol. The van der Waals surface area contributed by atoms with E-state index in [2.05, 4.69) is 20.6 Å². The fourth-order valence-corrected chi connectivity index (χ4v) is 3.30. The van der Waals surface area contributed by atoms with Gasteiger partial charge in [0, 0.05) is 32.4 Å². The van der Waals surface area contributed by atoms with Crippen LogP contribution in [0.1, 0.15) is 16.1 Å². The molecule has 0 saturated heterocycles. The van der Waals surface area contributed by atoms with Gasteiger partial charge in [-0.2, -0.15) is 13.2 Å². The van der Waals surface area contributed by atoms with Crippen molar-refractivity contribution in [3.05, 3.63) is 71.0 Å². The number of aryl methyl sites for hydroxylation is 1. The Labute approximate surface area is 191 Å². The summed E-state index contributed by atoms with van der Waals surface area (Å²) in [7, 11) is 3.23. The van der Waals surface area contributed by atoms with Gasteiger partial charge < -0.3 is 19.9 Å². The highest BCUT2D eigenvalue weighted by Gasteiger charge is 2.31. The summed E-state index contributed by atoms with van der Waals surface area (Å²) < 4.78 is 46.7. The summed E-state index contributed by atoms with van der Waals surface area (Å²) in [5.74, 6) is 0.824. The van der Waals surface area contributed by atoms with Crippen molar-refractivity contribution in [3.63, 3.8) is 0 Å². The largest absolute Gasteiger partial charge is 0.457 e. The average Bonchev–Trinajstić information content (AvgIpc) is 3.08. The number of nitrogens with one attached hydrogen (secondary N) is 2. The number of nitrogens with zero attached hydrogens (tertiary/aromatic N) is 3. The van der Waals surface area contributed by atoms with Gasteiger partial charge in [0.2, 0.25) is 5.95 Å². The lowest BCUT2D eigenvalue weighted by molar-refractivity contribution is -0.137. The average molecular weight is 476 g/mol. The number of rotatable bonds is 5. The molecule has 0 aliphatic heterocycles. The zero-order chi connectivity index (χ0) is 23.8. The molecule has 33 heavy (non-hydrogen) atoms. The molecule has 0 atom stereocenters. The number of anilines is 2. The van der Waals surface area contributed by atoms with Crippen LogP contribution in [0.25, 0.3) is 11.0 Å². The van der Waals surface area contributed by atoms with Crippen LogP contribution < -0.4 is 15.4 Å². The molecule has 0 aliphatic rings. The lowest BCUT2D eigenvalue weighted by atomic mass is 10.2. The van der Waals surface area contributed by atoms with E-state index < -0.39 is 11.7 Å². The summed E-state index contributed by atoms with van der Waals surface area (Å²) in [5.41, 5.74) is 0.727. The van der Waals surface area contributed by atoms with Crippen molar-refractivity contribution in [2.24, 2.45) is 7.05 Å². The van der Waals surface area contributed by atoms with E-state index in [4.69, 9.17) is 16.3 Å². The first-order valence-electron chi connectivity index (χ1n) is 9.62. The van der Waals surface area contributed by atoms with Gasteiger partial charge in [-0.3, -0.25) is 9.78 Å². The SMILES string of the molecule is CNC(=O)c1cc(Oc2ccc3c(c2)nc(Nc2cc(C(F)(F)F)ccc2Cl)n3C)ccn1. The number of benzene rings is 2. The van der Waals surface area contributed by atoms with Crippen LogP contribution in [0.3, 0.4) is 0 Å². The Hall–Kier alpha value is -3.79. The van der Waals surface area contributed by atoms with E-state index in [1.54, 1.807) is 35.9 Å². The zero-order valence-electron chi connectivity index (χ0n) is 17.4. The van der Waals surface area contributed by atoms with E-state index in [1.807, 2.05) is 0 Å². The van der Waals surface area contributed by atoms with Crippen LogP contribution in [-0.4, -0.2) is 27.5 Å². The molecule has 1 amide bonds. The highest BCUT2D eigenvalue weighted by molar-refractivity contribution is 6.33. The van der Waals surface area contributed by atoms with Crippen LogP contribution >= 0.6 is 11.6 Å². The van der Waals surface area contributed by atoms with E-state index in [-0.39, 0.29) is 22.3 Å². The fourth-order valence-electron chi connectivity index (χ4n) is 3.14. The molecule has 7 nitrogen and oxygen atoms in total. The smallest absolute Gasteiger partial charge is 0.416 e. The minimum Gasteiger partial charge on any atom is -0.457 e. The predicted molar refractivity (Wildman–Crippen MR) is 118 cm³/mol. The Morgan fingerprint density at radius 1 is 1.09 bits per heavy atom. The summed E-state index contributed by atoms with van der Waals surface area (Å²) in [4.78, 5) is 20.2. The minimum absolute atomic E-state index is 0.0832. The molecule has 0 radical (unpaired) electrons. The molecule has 4 rings (SSSR count). The fraction of sp³-hybridized carbons (Fsp3) is 0.136. The molecule has 0 aliphatic carbocycles. The number of hydrogen-bond donors (Lipinski definition) is 2. The number of alkyl halides is 3. The summed E-state index contributed by atoms with van der Waals surface area (Å²) in [5, 5.41) is 5.49. The highest BCUT2D eigenvalue weighted by Crippen LogP contribution is 2.35. The molecule has 2 aromatic carbocycles. The topological polar surface area (TPSA) is 81.1 Å². The van der Waals surface area contributed by atoms with Crippen LogP contribution in [0.2, 0.25) is 5.02 Å². The third kappa shape index (κ3) is 4.70. The van der Waals surface area contributed by atoms with Crippen molar-refractivity contribution in [1.29, 1.82) is 0 Å². The van der Waals surface area contributed by atoms with Gasteiger partial charge in [-0.1, -0.05) is 11.6 Å².